The van der Waals surface area contributed by atoms with Crippen LogP contribution in [-0.4, -0.2) is 47.9 Å². The molecule has 1 aromatic rings. The number of sulfone groups is 1. The molecule has 0 spiro atoms. The molecule has 0 aromatic carbocycles. The predicted molar refractivity (Wildman–Crippen MR) is 68.6 cm³/mol. The van der Waals surface area contributed by atoms with Crippen molar-refractivity contribution in [2.75, 3.05) is 29.2 Å². The first-order valence-corrected chi connectivity index (χ1v) is 7.32. The lowest BCUT2D eigenvalue weighted by Crippen LogP contribution is -2.33. The minimum Gasteiger partial charge on any atom is -0.378 e. The van der Waals surface area contributed by atoms with E-state index in [-0.39, 0.29) is 29.2 Å². The van der Waals surface area contributed by atoms with Crippen molar-refractivity contribution in [2.24, 2.45) is 0 Å². The Morgan fingerprint density at radius 2 is 2.21 bits per heavy atom. The molecule has 1 aliphatic heterocycles. The van der Waals surface area contributed by atoms with Gasteiger partial charge in [-0.25, -0.2) is 18.4 Å². The average molecular weight is 287 g/mol. The lowest BCUT2D eigenvalue weighted by atomic mass is 10.2. The van der Waals surface area contributed by atoms with Crippen molar-refractivity contribution in [1.29, 1.82) is 0 Å². The van der Waals surface area contributed by atoms with Crippen LogP contribution in [0.4, 0.5) is 17.3 Å². The Hall–Kier alpha value is -1.97. The molecule has 1 fully saturated rings. The molecule has 1 saturated heterocycles. The molecule has 104 valence electrons. The summed E-state index contributed by atoms with van der Waals surface area (Å²) in [5, 5.41) is 11.0. The second-order valence-corrected chi connectivity index (χ2v) is 6.58. The third-order valence-electron chi connectivity index (χ3n) is 3.10. The highest BCUT2D eigenvalue weighted by atomic mass is 32.2. The second-order valence-electron chi connectivity index (χ2n) is 4.36. The standard InChI is InChI=1S/C9H13N5O4S/c1-13(6-2-3-19(17,18)4-6)9-7(14(15)16)8(10)11-5-12-9/h5-6H,2-4H2,1H3,(H2,10,11,12)/t6-/m0/s1. The summed E-state index contributed by atoms with van der Waals surface area (Å²) in [6.45, 7) is 0. The van der Waals surface area contributed by atoms with Crippen LogP contribution in [0.3, 0.4) is 0 Å². The number of nitrogens with two attached hydrogens (primary N) is 1. The minimum atomic E-state index is -3.08. The van der Waals surface area contributed by atoms with Gasteiger partial charge >= 0.3 is 5.69 Å². The van der Waals surface area contributed by atoms with Gasteiger partial charge in [-0.2, -0.15) is 0 Å². The smallest absolute Gasteiger partial charge is 0.353 e. The first-order chi connectivity index (χ1) is 8.82. The molecule has 0 radical (unpaired) electrons. The van der Waals surface area contributed by atoms with Crippen LogP contribution in [0.1, 0.15) is 6.42 Å². The van der Waals surface area contributed by atoms with Crippen molar-refractivity contribution in [3.8, 4) is 0 Å². The topological polar surface area (TPSA) is 132 Å². The zero-order valence-electron chi connectivity index (χ0n) is 10.2. The molecule has 10 heteroatoms. The van der Waals surface area contributed by atoms with E-state index in [0.29, 0.717) is 6.42 Å². The van der Waals surface area contributed by atoms with E-state index in [4.69, 9.17) is 5.73 Å². The van der Waals surface area contributed by atoms with E-state index in [1.165, 1.54) is 4.90 Å². The zero-order chi connectivity index (χ0) is 14.2. The molecule has 0 aliphatic carbocycles. The first-order valence-electron chi connectivity index (χ1n) is 5.50. The Kier molecular flexibility index (Phi) is 3.27. The van der Waals surface area contributed by atoms with Crippen molar-refractivity contribution in [2.45, 2.75) is 12.5 Å². The van der Waals surface area contributed by atoms with Crippen molar-refractivity contribution < 1.29 is 13.3 Å². The van der Waals surface area contributed by atoms with Crippen LogP contribution in [0.25, 0.3) is 0 Å². The van der Waals surface area contributed by atoms with Gasteiger partial charge in [0.15, 0.2) is 9.84 Å². The van der Waals surface area contributed by atoms with E-state index in [0.717, 1.165) is 6.33 Å². The summed E-state index contributed by atoms with van der Waals surface area (Å²) in [5.74, 6) is -0.150. The number of nitrogen functional groups attached to an aromatic ring is 1. The summed E-state index contributed by atoms with van der Waals surface area (Å²) in [4.78, 5) is 19.2. The molecule has 2 rings (SSSR count). The molecule has 0 amide bonds. The van der Waals surface area contributed by atoms with Gasteiger partial charge in [-0.3, -0.25) is 10.1 Å². The second kappa shape index (κ2) is 4.61. The van der Waals surface area contributed by atoms with Crippen molar-refractivity contribution >= 4 is 27.2 Å². The Bertz CT molecular complexity index is 617. The van der Waals surface area contributed by atoms with Crippen molar-refractivity contribution in [3.05, 3.63) is 16.4 Å². The highest BCUT2D eigenvalue weighted by molar-refractivity contribution is 7.91. The van der Waals surface area contributed by atoms with E-state index in [1.807, 2.05) is 0 Å². The monoisotopic (exact) mass is 287 g/mol. The summed E-state index contributed by atoms with van der Waals surface area (Å²) in [7, 11) is -1.51. The lowest BCUT2D eigenvalue weighted by Gasteiger charge is -2.23. The van der Waals surface area contributed by atoms with Gasteiger partial charge in [0.05, 0.1) is 16.4 Å². The first kappa shape index (κ1) is 13.5. The van der Waals surface area contributed by atoms with Gasteiger partial charge in [0.1, 0.15) is 6.33 Å². The molecular formula is C9H13N5O4S. The molecule has 0 saturated carbocycles. The van der Waals surface area contributed by atoms with Gasteiger partial charge in [-0.1, -0.05) is 0 Å². The molecular weight excluding hydrogens is 274 g/mol. The maximum absolute atomic E-state index is 11.4. The van der Waals surface area contributed by atoms with Crippen molar-refractivity contribution in [1.82, 2.24) is 9.97 Å². The number of hydrogen-bond donors (Lipinski definition) is 1. The molecule has 0 bridgehead atoms. The predicted octanol–water partition coefficient (Wildman–Crippen LogP) is -0.410. The normalized spacial score (nSPS) is 21.2. The number of rotatable bonds is 3. The zero-order valence-corrected chi connectivity index (χ0v) is 11.0. The number of anilines is 2. The van der Waals surface area contributed by atoms with E-state index < -0.39 is 20.4 Å². The third-order valence-corrected chi connectivity index (χ3v) is 4.85. The molecule has 2 heterocycles. The molecule has 1 aromatic heterocycles. The fourth-order valence-corrected chi connectivity index (χ4v) is 3.84. The van der Waals surface area contributed by atoms with E-state index in [1.54, 1.807) is 7.05 Å². The maximum atomic E-state index is 11.4. The summed E-state index contributed by atoms with van der Waals surface area (Å²) in [5.41, 5.74) is 5.08. The Balaban J connectivity index is 2.37. The Labute approximate surface area is 109 Å². The summed E-state index contributed by atoms with van der Waals surface area (Å²) < 4.78 is 22.9. The van der Waals surface area contributed by atoms with Gasteiger partial charge in [0.2, 0.25) is 11.6 Å². The van der Waals surface area contributed by atoms with Gasteiger partial charge in [0, 0.05) is 13.1 Å². The molecule has 1 atom stereocenters. The molecule has 19 heavy (non-hydrogen) atoms. The van der Waals surface area contributed by atoms with Crippen LogP contribution in [-0.2, 0) is 9.84 Å². The third kappa shape index (κ3) is 2.57. The quantitative estimate of drug-likeness (QED) is 0.586. The SMILES string of the molecule is CN(c1ncnc(N)c1[N+](=O)[O-])[C@H]1CCS(=O)(=O)C1. The van der Waals surface area contributed by atoms with Gasteiger partial charge in [0.25, 0.3) is 0 Å². The summed E-state index contributed by atoms with van der Waals surface area (Å²) in [6, 6.07) is -0.335. The molecule has 1 aliphatic rings. The van der Waals surface area contributed by atoms with Crippen molar-refractivity contribution in [3.63, 3.8) is 0 Å². The van der Waals surface area contributed by atoms with Crippen LogP contribution in [0.15, 0.2) is 6.33 Å². The van der Waals surface area contributed by atoms with E-state index >= 15 is 0 Å². The molecule has 2 N–H and O–H groups in total. The van der Waals surface area contributed by atoms with E-state index in [9.17, 15) is 18.5 Å². The average Bonchev–Trinajstić information content (AvgIpc) is 2.68. The number of nitro groups is 1. The van der Waals surface area contributed by atoms with Gasteiger partial charge < -0.3 is 10.6 Å². The van der Waals surface area contributed by atoms with Crippen LogP contribution in [0.2, 0.25) is 0 Å². The molecule has 9 nitrogen and oxygen atoms in total. The highest BCUT2D eigenvalue weighted by Crippen LogP contribution is 2.32. The maximum Gasteiger partial charge on any atom is 0.353 e. The van der Waals surface area contributed by atoms with Crippen LogP contribution in [0.5, 0.6) is 0 Å². The lowest BCUT2D eigenvalue weighted by molar-refractivity contribution is -0.383. The minimum absolute atomic E-state index is 0.0371. The fraction of sp³-hybridized carbons (Fsp3) is 0.556. The highest BCUT2D eigenvalue weighted by Gasteiger charge is 2.34. The van der Waals surface area contributed by atoms with Crippen LogP contribution >= 0.6 is 0 Å². The summed E-state index contributed by atoms with van der Waals surface area (Å²) >= 11 is 0. The number of aromatic nitrogens is 2. The Morgan fingerprint density at radius 3 is 2.74 bits per heavy atom. The van der Waals surface area contributed by atoms with Gasteiger partial charge in [-0.05, 0) is 6.42 Å². The van der Waals surface area contributed by atoms with E-state index in [2.05, 4.69) is 9.97 Å². The van der Waals surface area contributed by atoms with Crippen LogP contribution in [0, 0.1) is 10.1 Å². The largest absolute Gasteiger partial charge is 0.378 e. The molecule has 0 unspecified atom stereocenters. The number of nitrogens with zero attached hydrogens (tertiary/aromatic N) is 4. The van der Waals surface area contributed by atoms with Gasteiger partial charge in [-0.15, -0.1) is 0 Å². The number of hydrogen-bond acceptors (Lipinski definition) is 8. The fourth-order valence-electron chi connectivity index (χ4n) is 2.07. The summed E-state index contributed by atoms with van der Waals surface area (Å²) in [6.07, 6.45) is 1.54. The Morgan fingerprint density at radius 1 is 1.53 bits per heavy atom. The van der Waals surface area contributed by atoms with Crippen LogP contribution < -0.4 is 10.6 Å².